The quantitative estimate of drug-likeness (QED) is 0.578. The van der Waals surface area contributed by atoms with E-state index in [1.54, 1.807) is 48.0 Å². The van der Waals surface area contributed by atoms with Gasteiger partial charge in [-0.25, -0.2) is 9.18 Å². The number of thioether (sulfide) groups is 1. The molecule has 27 heavy (non-hydrogen) atoms. The molecule has 3 rings (SSSR count). The zero-order valence-electron chi connectivity index (χ0n) is 14.7. The van der Waals surface area contributed by atoms with Crippen LogP contribution < -0.4 is 0 Å². The third-order valence-corrected chi connectivity index (χ3v) is 4.89. The van der Waals surface area contributed by atoms with E-state index in [9.17, 15) is 18.8 Å². The van der Waals surface area contributed by atoms with Crippen LogP contribution in [0, 0.1) is 5.82 Å². The van der Waals surface area contributed by atoms with E-state index >= 15 is 0 Å². The molecule has 0 aliphatic carbocycles. The predicted octanol–water partition coefficient (Wildman–Crippen LogP) is 3.60. The SMILES string of the molecule is CCOC(=O)C(C)N1C(=O)SC(=Cc2cccn2-c2ccccc2F)C1=O. The van der Waals surface area contributed by atoms with Crippen LogP contribution in [-0.2, 0) is 14.3 Å². The van der Waals surface area contributed by atoms with Crippen LogP contribution in [0.3, 0.4) is 0 Å². The maximum Gasteiger partial charge on any atom is 0.329 e. The first kappa shape index (κ1) is 18.9. The van der Waals surface area contributed by atoms with Gasteiger partial charge in [0.05, 0.1) is 17.2 Å². The van der Waals surface area contributed by atoms with Crippen molar-refractivity contribution in [3.05, 3.63) is 59.0 Å². The number of rotatable bonds is 5. The highest BCUT2D eigenvalue weighted by molar-refractivity contribution is 8.18. The van der Waals surface area contributed by atoms with E-state index in [0.717, 1.165) is 16.7 Å². The zero-order valence-corrected chi connectivity index (χ0v) is 15.5. The normalized spacial score (nSPS) is 16.9. The highest BCUT2D eigenvalue weighted by Gasteiger charge is 2.41. The summed E-state index contributed by atoms with van der Waals surface area (Å²) in [4.78, 5) is 37.8. The van der Waals surface area contributed by atoms with Crippen LogP contribution in [0.1, 0.15) is 19.5 Å². The first-order chi connectivity index (χ1) is 12.9. The minimum atomic E-state index is -1.01. The Morgan fingerprint density at radius 3 is 2.70 bits per heavy atom. The molecule has 1 fully saturated rings. The molecule has 1 saturated heterocycles. The molecule has 8 heteroatoms. The van der Waals surface area contributed by atoms with Crippen molar-refractivity contribution >= 4 is 35.0 Å². The molecule has 140 valence electrons. The molecule has 2 amide bonds. The molecular formula is C19H17FN2O4S. The van der Waals surface area contributed by atoms with Gasteiger partial charge in [-0.3, -0.25) is 14.5 Å². The molecule has 0 N–H and O–H groups in total. The molecule has 1 aromatic carbocycles. The lowest BCUT2D eigenvalue weighted by Gasteiger charge is -2.19. The van der Waals surface area contributed by atoms with Gasteiger partial charge in [-0.15, -0.1) is 0 Å². The number of ether oxygens (including phenoxy) is 1. The Balaban J connectivity index is 1.91. The average Bonchev–Trinajstić information content (AvgIpc) is 3.20. The molecule has 1 aliphatic rings. The lowest BCUT2D eigenvalue weighted by atomic mass is 10.2. The van der Waals surface area contributed by atoms with Crippen LogP contribution >= 0.6 is 11.8 Å². The summed E-state index contributed by atoms with van der Waals surface area (Å²) < 4.78 is 20.6. The molecule has 0 bridgehead atoms. The second kappa shape index (κ2) is 7.79. The van der Waals surface area contributed by atoms with Crippen molar-refractivity contribution in [2.45, 2.75) is 19.9 Å². The van der Waals surface area contributed by atoms with Gasteiger partial charge >= 0.3 is 5.97 Å². The number of carbonyl (C=O) groups excluding carboxylic acids is 3. The minimum Gasteiger partial charge on any atom is -0.464 e. The fourth-order valence-corrected chi connectivity index (χ4v) is 3.59. The van der Waals surface area contributed by atoms with Gasteiger partial charge in [0, 0.05) is 11.9 Å². The first-order valence-electron chi connectivity index (χ1n) is 8.30. The van der Waals surface area contributed by atoms with Gasteiger partial charge < -0.3 is 9.30 Å². The fourth-order valence-electron chi connectivity index (χ4n) is 2.69. The van der Waals surface area contributed by atoms with E-state index in [4.69, 9.17) is 4.74 Å². The number of imide groups is 1. The second-order valence-electron chi connectivity index (χ2n) is 5.73. The van der Waals surface area contributed by atoms with Gasteiger partial charge in [-0.2, -0.15) is 0 Å². The molecule has 0 spiro atoms. The van der Waals surface area contributed by atoms with Gasteiger partial charge in [0.15, 0.2) is 0 Å². The van der Waals surface area contributed by atoms with Crippen molar-refractivity contribution in [1.29, 1.82) is 0 Å². The van der Waals surface area contributed by atoms with Crippen LogP contribution in [0.15, 0.2) is 47.5 Å². The summed E-state index contributed by atoms with van der Waals surface area (Å²) in [5, 5.41) is -0.546. The zero-order chi connectivity index (χ0) is 19.6. The summed E-state index contributed by atoms with van der Waals surface area (Å²) in [6.07, 6.45) is 3.17. The van der Waals surface area contributed by atoms with Crippen molar-refractivity contribution in [2.75, 3.05) is 6.61 Å². The van der Waals surface area contributed by atoms with Gasteiger partial charge in [0.2, 0.25) is 0 Å². The summed E-state index contributed by atoms with van der Waals surface area (Å²) in [5.74, 6) is -1.63. The van der Waals surface area contributed by atoms with Crippen LogP contribution in [0.5, 0.6) is 0 Å². The van der Waals surface area contributed by atoms with Crippen LogP contribution in [-0.4, -0.2) is 39.2 Å². The van der Waals surface area contributed by atoms with E-state index in [0.29, 0.717) is 11.4 Å². The van der Waals surface area contributed by atoms with E-state index in [-0.39, 0.29) is 11.5 Å². The molecule has 2 aromatic rings. The summed E-state index contributed by atoms with van der Waals surface area (Å²) in [6, 6.07) is 8.65. The number of aromatic nitrogens is 1. The number of hydrogen-bond donors (Lipinski definition) is 0. The van der Waals surface area contributed by atoms with Gasteiger partial charge in [-0.05, 0) is 56.0 Å². The highest BCUT2D eigenvalue weighted by Crippen LogP contribution is 2.34. The average molecular weight is 388 g/mol. The third-order valence-electron chi connectivity index (χ3n) is 4.01. The van der Waals surface area contributed by atoms with Crippen LogP contribution in [0.4, 0.5) is 9.18 Å². The number of nitrogens with zero attached hydrogens (tertiary/aromatic N) is 2. The monoisotopic (exact) mass is 388 g/mol. The Bertz CT molecular complexity index is 937. The Morgan fingerprint density at radius 2 is 2.00 bits per heavy atom. The smallest absolute Gasteiger partial charge is 0.329 e. The fraction of sp³-hybridized carbons (Fsp3) is 0.211. The van der Waals surface area contributed by atoms with E-state index in [1.807, 2.05) is 0 Å². The van der Waals surface area contributed by atoms with E-state index in [2.05, 4.69) is 0 Å². The molecule has 2 heterocycles. The van der Waals surface area contributed by atoms with Crippen molar-refractivity contribution < 1.29 is 23.5 Å². The lowest BCUT2D eigenvalue weighted by Crippen LogP contribution is -2.42. The maximum absolute atomic E-state index is 14.1. The highest BCUT2D eigenvalue weighted by atomic mass is 32.2. The molecule has 1 aliphatic heterocycles. The number of esters is 1. The number of amides is 2. The Labute approximate surface area is 159 Å². The van der Waals surface area contributed by atoms with Crippen LogP contribution in [0.2, 0.25) is 0 Å². The summed E-state index contributed by atoms with van der Waals surface area (Å²) in [7, 11) is 0. The standard InChI is InChI=1S/C19H17FN2O4S/c1-3-26-18(24)12(2)22-17(23)16(27-19(22)25)11-13-7-6-10-21(13)15-9-5-4-8-14(15)20/h4-12H,3H2,1-2H3. The predicted molar refractivity (Wildman–Crippen MR) is 99.6 cm³/mol. The molecule has 1 unspecified atom stereocenters. The van der Waals surface area contributed by atoms with E-state index < -0.39 is 29.0 Å². The second-order valence-corrected chi connectivity index (χ2v) is 6.73. The number of benzene rings is 1. The van der Waals surface area contributed by atoms with E-state index in [1.165, 1.54) is 19.1 Å². The molecule has 6 nitrogen and oxygen atoms in total. The first-order valence-corrected chi connectivity index (χ1v) is 9.11. The Hall–Kier alpha value is -2.87. The van der Waals surface area contributed by atoms with Crippen molar-refractivity contribution in [1.82, 2.24) is 9.47 Å². The Kier molecular flexibility index (Phi) is 5.46. The third kappa shape index (κ3) is 3.66. The van der Waals surface area contributed by atoms with Crippen LogP contribution in [0.25, 0.3) is 11.8 Å². The van der Waals surface area contributed by atoms with Gasteiger partial charge in [0.1, 0.15) is 11.9 Å². The van der Waals surface area contributed by atoms with Gasteiger partial charge in [-0.1, -0.05) is 12.1 Å². The number of para-hydroxylation sites is 1. The number of carbonyl (C=O) groups is 3. The Morgan fingerprint density at radius 1 is 1.26 bits per heavy atom. The number of hydrogen-bond acceptors (Lipinski definition) is 5. The minimum absolute atomic E-state index is 0.158. The van der Waals surface area contributed by atoms with Gasteiger partial charge in [0.25, 0.3) is 11.1 Å². The topological polar surface area (TPSA) is 68.6 Å². The molecule has 1 atom stereocenters. The summed E-state index contributed by atoms with van der Waals surface area (Å²) in [6.45, 7) is 3.25. The molecule has 0 radical (unpaired) electrons. The summed E-state index contributed by atoms with van der Waals surface area (Å²) >= 11 is 0.736. The number of halogens is 1. The van der Waals surface area contributed by atoms with Crippen molar-refractivity contribution in [3.63, 3.8) is 0 Å². The van der Waals surface area contributed by atoms with Crippen molar-refractivity contribution in [3.8, 4) is 5.69 Å². The summed E-state index contributed by atoms with van der Waals surface area (Å²) in [5.41, 5.74) is 0.863. The largest absolute Gasteiger partial charge is 0.464 e. The van der Waals surface area contributed by atoms with Crippen molar-refractivity contribution in [2.24, 2.45) is 0 Å². The lowest BCUT2D eigenvalue weighted by molar-refractivity contribution is -0.150. The molecule has 1 aromatic heterocycles. The maximum atomic E-state index is 14.1. The molecular weight excluding hydrogens is 371 g/mol. The molecule has 0 saturated carbocycles.